The quantitative estimate of drug-likeness (QED) is 0.419. The van der Waals surface area contributed by atoms with Gasteiger partial charge in [0, 0.05) is 13.0 Å². The van der Waals surface area contributed by atoms with Crippen LogP contribution in [0.1, 0.15) is 12.8 Å². The average molecular weight is 218 g/mol. The zero-order valence-electron chi connectivity index (χ0n) is 9.49. The van der Waals surface area contributed by atoms with Gasteiger partial charge in [-0.05, 0) is 24.7 Å². The van der Waals surface area contributed by atoms with E-state index in [0.29, 0.717) is 0 Å². The Hall–Kier alpha value is -1.04. The van der Waals surface area contributed by atoms with Gasteiger partial charge in [-0.15, -0.1) is 12.3 Å². The van der Waals surface area contributed by atoms with Gasteiger partial charge in [-0.2, -0.15) is 0 Å². The highest BCUT2D eigenvalue weighted by Crippen LogP contribution is 2.06. The van der Waals surface area contributed by atoms with Gasteiger partial charge in [0.2, 0.25) is 8.32 Å². The summed E-state index contributed by atoms with van der Waals surface area (Å²) in [6, 6.07) is 10.5. The van der Waals surface area contributed by atoms with Crippen LogP contribution in [0.5, 0.6) is 0 Å². The van der Waals surface area contributed by atoms with Gasteiger partial charge >= 0.3 is 0 Å². The molecule has 0 heterocycles. The smallest absolute Gasteiger partial charge is 0.218 e. The number of hydrogen-bond acceptors (Lipinski definition) is 1. The topological polar surface area (TPSA) is 9.23 Å². The lowest BCUT2D eigenvalue weighted by atomic mass is 10.3. The third-order valence-electron chi connectivity index (χ3n) is 2.40. The maximum Gasteiger partial charge on any atom is 0.218 e. The SMILES string of the molecule is C#CCCCO[Si](C)(C)c1ccccc1. The average Bonchev–Trinajstić information content (AvgIpc) is 2.26. The lowest BCUT2D eigenvalue weighted by molar-refractivity contribution is 0.311. The lowest BCUT2D eigenvalue weighted by Gasteiger charge is -2.23. The molecular formula is C13H18OSi. The molecule has 1 aromatic carbocycles. The number of terminal acetylenes is 1. The second-order valence-electron chi connectivity index (χ2n) is 4.03. The first kappa shape index (κ1) is 12.0. The van der Waals surface area contributed by atoms with E-state index in [1.54, 1.807) is 0 Å². The Morgan fingerprint density at radius 1 is 1.27 bits per heavy atom. The zero-order valence-corrected chi connectivity index (χ0v) is 10.5. The van der Waals surface area contributed by atoms with Gasteiger partial charge < -0.3 is 4.43 Å². The van der Waals surface area contributed by atoms with Crippen molar-refractivity contribution in [3.05, 3.63) is 30.3 Å². The molecule has 0 fully saturated rings. The van der Waals surface area contributed by atoms with E-state index in [0.717, 1.165) is 19.4 Å². The molecule has 1 nitrogen and oxygen atoms in total. The standard InChI is InChI=1S/C13H18OSi/c1-4-5-9-12-14-15(2,3)13-10-7-6-8-11-13/h1,6-8,10-11H,5,9,12H2,2-3H3. The fraction of sp³-hybridized carbons (Fsp3) is 0.385. The van der Waals surface area contributed by atoms with Crippen molar-refractivity contribution in [2.75, 3.05) is 6.61 Å². The maximum atomic E-state index is 5.96. The van der Waals surface area contributed by atoms with E-state index in [4.69, 9.17) is 10.8 Å². The van der Waals surface area contributed by atoms with Crippen molar-refractivity contribution < 1.29 is 4.43 Å². The van der Waals surface area contributed by atoms with Crippen LogP contribution >= 0.6 is 0 Å². The highest BCUT2D eigenvalue weighted by Gasteiger charge is 2.24. The zero-order chi connectivity index (χ0) is 11.1. The molecule has 0 unspecified atom stereocenters. The van der Waals surface area contributed by atoms with Crippen LogP contribution in [0.25, 0.3) is 0 Å². The molecule has 1 aromatic rings. The summed E-state index contributed by atoms with van der Waals surface area (Å²) in [6.07, 6.45) is 6.96. The van der Waals surface area contributed by atoms with E-state index < -0.39 is 8.32 Å². The normalized spacial score (nSPS) is 11.0. The van der Waals surface area contributed by atoms with Crippen LogP contribution in [0, 0.1) is 12.3 Å². The summed E-state index contributed by atoms with van der Waals surface area (Å²) in [5, 5.41) is 1.34. The number of rotatable bonds is 5. The Balaban J connectivity index is 2.49. The Morgan fingerprint density at radius 2 is 1.93 bits per heavy atom. The first-order chi connectivity index (χ1) is 7.17. The first-order valence-electron chi connectivity index (χ1n) is 5.30. The van der Waals surface area contributed by atoms with Gasteiger partial charge in [0.15, 0.2) is 0 Å². The Bertz CT molecular complexity index is 324. The summed E-state index contributed by atoms with van der Waals surface area (Å²) in [7, 11) is -1.70. The van der Waals surface area contributed by atoms with E-state index in [1.165, 1.54) is 5.19 Å². The molecule has 0 aliphatic heterocycles. The van der Waals surface area contributed by atoms with Crippen molar-refractivity contribution in [3.8, 4) is 12.3 Å². The van der Waals surface area contributed by atoms with Crippen LogP contribution in [0.4, 0.5) is 0 Å². The molecule has 0 atom stereocenters. The monoisotopic (exact) mass is 218 g/mol. The third kappa shape index (κ3) is 3.91. The molecular weight excluding hydrogens is 200 g/mol. The van der Waals surface area contributed by atoms with Crippen LogP contribution in [0.15, 0.2) is 30.3 Å². The van der Waals surface area contributed by atoms with Gasteiger partial charge in [-0.1, -0.05) is 30.3 Å². The summed E-state index contributed by atoms with van der Waals surface area (Å²) in [5.41, 5.74) is 0. The van der Waals surface area contributed by atoms with Crippen LogP contribution in [0.3, 0.4) is 0 Å². The van der Waals surface area contributed by atoms with Crippen LogP contribution in [0.2, 0.25) is 13.1 Å². The van der Waals surface area contributed by atoms with Crippen LogP contribution in [-0.4, -0.2) is 14.9 Å². The maximum absolute atomic E-state index is 5.96. The largest absolute Gasteiger partial charge is 0.413 e. The molecule has 0 saturated carbocycles. The van der Waals surface area contributed by atoms with Crippen molar-refractivity contribution in [2.45, 2.75) is 25.9 Å². The van der Waals surface area contributed by atoms with Crippen molar-refractivity contribution in [2.24, 2.45) is 0 Å². The number of unbranched alkanes of at least 4 members (excludes halogenated alkanes) is 1. The molecule has 0 amide bonds. The second-order valence-corrected chi connectivity index (χ2v) is 7.92. The van der Waals surface area contributed by atoms with Crippen LogP contribution in [-0.2, 0) is 4.43 Å². The van der Waals surface area contributed by atoms with E-state index >= 15 is 0 Å². The minimum absolute atomic E-state index is 0.776. The Morgan fingerprint density at radius 3 is 2.53 bits per heavy atom. The van der Waals surface area contributed by atoms with Crippen molar-refractivity contribution >= 4 is 13.5 Å². The predicted molar refractivity (Wildman–Crippen MR) is 67.6 cm³/mol. The minimum atomic E-state index is -1.70. The number of hydrogen-bond donors (Lipinski definition) is 0. The molecule has 0 bridgehead atoms. The van der Waals surface area contributed by atoms with Gasteiger partial charge in [0.05, 0.1) is 0 Å². The van der Waals surface area contributed by atoms with Crippen molar-refractivity contribution in [3.63, 3.8) is 0 Å². The molecule has 0 aromatic heterocycles. The fourth-order valence-electron chi connectivity index (χ4n) is 1.42. The highest BCUT2D eigenvalue weighted by molar-refractivity contribution is 6.84. The molecule has 0 radical (unpaired) electrons. The second kappa shape index (κ2) is 5.74. The van der Waals surface area contributed by atoms with Crippen LogP contribution < -0.4 is 5.19 Å². The molecule has 1 rings (SSSR count). The fourth-order valence-corrected chi connectivity index (χ4v) is 3.24. The van der Waals surface area contributed by atoms with Gasteiger partial charge in [-0.3, -0.25) is 0 Å². The van der Waals surface area contributed by atoms with E-state index in [2.05, 4.69) is 43.3 Å². The summed E-state index contributed by atoms with van der Waals surface area (Å²) in [4.78, 5) is 0. The Labute approximate surface area is 93.6 Å². The summed E-state index contributed by atoms with van der Waals surface area (Å²) in [6.45, 7) is 5.22. The molecule has 0 aliphatic carbocycles. The van der Waals surface area contributed by atoms with E-state index in [1.807, 2.05) is 6.07 Å². The van der Waals surface area contributed by atoms with Gasteiger partial charge in [0.1, 0.15) is 0 Å². The minimum Gasteiger partial charge on any atom is -0.413 e. The highest BCUT2D eigenvalue weighted by atomic mass is 28.4. The summed E-state index contributed by atoms with van der Waals surface area (Å²) < 4.78 is 5.96. The lowest BCUT2D eigenvalue weighted by Crippen LogP contribution is -2.44. The first-order valence-corrected chi connectivity index (χ1v) is 8.20. The Kier molecular flexibility index (Phi) is 4.61. The molecule has 0 saturated heterocycles. The molecule has 2 heteroatoms. The molecule has 0 spiro atoms. The molecule has 80 valence electrons. The van der Waals surface area contributed by atoms with Crippen molar-refractivity contribution in [1.82, 2.24) is 0 Å². The van der Waals surface area contributed by atoms with E-state index in [-0.39, 0.29) is 0 Å². The molecule has 0 N–H and O–H groups in total. The van der Waals surface area contributed by atoms with Gasteiger partial charge in [0.25, 0.3) is 0 Å². The third-order valence-corrected chi connectivity index (χ3v) is 5.05. The molecule has 0 aliphatic rings. The summed E-state index contributed by atoms with van der Waals surface area (Å²) >= 11 is 0. The summed E-state index contributed by atoms with van der Waals surface area (Å²) in [5.74, 6) is 2.63. The van der Waals surface area contributed by atoms with Crippen molar-refractivity contribution in [1.29, 1.82) is 0 Å². The number of benzene rings is 1. The molecule has 15 heavy (non-hydrogen) atoms. The predicted octanol–water partition coefficient (Wildman–Crippen LogP) is 2.53. The van der Waals surface area contributed by atoms with E-state index in [9.17, 15) is 0 Å². The van der Waals surface area contributed by atoms with Gasteiger partial charge in [-0.25, -0.2) is 0 Å².